The Bertz CT molecular complexity index is 793. The number of hydrogen-bond donors (Lipinski definition) is 1. The Morgan fingerprint density at radius 2 is 2.04 bits per heavy atom. The van der Waals surface area contributed by atoms with Crippen molar-refractivity contribution in [2.75, 3.05) is 32.5 Å². The minimum absolute atomic E-state index is 0.0817. The summed E-state index contributed by atoms with van der Waals surface area (Å²) in [6.07, 6.45) is 5.26. The van der Waals surface area contributed by atoms with Crippen LogP contribution in [0.4, 0.5) is 5.82 Å². The summed E-state index contributed by atoms with van der Waals surface area (Å²) in [7, 11) is 4.15. The molecule has 1 unspecified atom stereocenters. The molecule has 0 saturated heterocycles. The van der Waals surface area contributed by atoms with Gasteiger partial charge in [-0.25, -0.2) is 9.97 Å². The summed E-state index contributed by atoms with van der Waals surface area (Å²) in [5, 5.41) is 3.63. The monoisotopic (exact) mass is 368 g/mol. The number of rotatable bonds is 6. The van der Waals surface area contributed by atoms with E-state index in [1.165, 1.54) is 0 Å². The van der Waals surface area contributed by atoms with Gasteiger partial charge >= 0.3 is 0 Å². The maximum absolute atomic E-state index is 11.8. The van der Waals surface area contributed by atoms with Gasteiger partial charge in [0.15, 0.2) is 5.82 Å². The molecule has 1 aliphatic heterocycles. The predicted octanol–water partition coefficient (Wildman–Crippen LogP) is 2.20. The molecule has 2 aromatic heterocycles. The summed E-state index contributed by atoms with van der Waals surface area (Å²) in [4.78, 5) is 29.6. The van der Waals surface area contributed by atoms with E-state index >= 15 is 0 Å². The molecule has 0 aliphatic carbocycles. The fourth-order valence-corrected chi connectivity index (χ4v) is 3.36. The summed E-state index contributed by atoms with van der Waals surface area (Å²) in [6.45, 7) is 5.96. The number of fused-ring (bicyclic) bond motifs is 1. The van der Waals surface area contributed by atoms with E-state index in [4.69, 9.17) is 9.97 Å². The van der Waals surface area contributed by atoms with Crippen LogP contribution in [0.15, 0.2) is 24.5 Å². The van der Waals surface area contributed by atoms with Crippen molar-refractivity contribution >= 4 is 11.7 Å². The zero-order valence-corrected chi connectivity index (χ0v) is 16.6. The van der Waals surface area contributed by atoms with Crippen LogP contribution in [0.5, 0.6) is 0 Å². The average molecular weight is 368 g/mol. The topological polar surface area (TPSA) is 74.2 Å². The summed E-state index contributed by atoms with van der Waals surface area (Å²) < 4.78 is 0. The fourth-order valence-electron chi connectivity index (χ4n) is 3.36. The quantitative estimate of drug-likeness (QED) is 0.843. The number of nitrogens with one attached hydrogen (secondary N) is 1. The Balaban J connectivity index is 2.00. The molecular weight excluding hydrogens is 340 g/mol. The Morgan fingerprint density at radius 1 is 1.30 bits per heavy atom. The smallest absolute Gasteiger partial charge is 0.219 e. The highest BCUT2D eigenvalue weighted by Gasteiger charge is 2.25. The van der Waals surface area contributed by atoms with Crippen molar-refractivity contribution in [1.29, 1.82) is 0 Å². The predicted molar refractivity (Wildman–Crippen MR) is 106 cm³/mol. The molecule has 0 spiro atoms. The first-order chi connectivity index (χ1) is 13.0. The summed E-state index contributed by atoms with van der Waals surface area (Å²) in [5.41, 5.74) is 2.99. The van der Waals surface area contributed by atoms with Crippen molar-refractivity contribution in [1.82, 2.24) is 24.8 Å². The van der Waals surface area contributed by atoms with Gasteiger partial charge in [0.2, 0.25) is 5.91 Å². The van der Waals surface area contributed by atoms with E-state index < -0.39 is 0 Å². The molecule has 1 aliphatic rings. The lowest BCUT2D eigenvalue weighted by Crippen LogP contribution is -2.37. The van der Waals surface area contributed by atoms with Crippen LogP contribution in [0, 0.1) is 0 Å². The highest BCUT2D eigenvalue weighted by atomic mass is 16.2. The normalized spacial score (nSPS) is 14.8. The molecule has 3 rings (SSSR count). The molecule has 27 heavy (non-hydrogen) atoms. The van der Waals surface area contributed by atoms with Gasteiger partial charge in [0, 0.05) is 49.6 Å². The minimum atomic E-state index is 0.0817. The van der Waals surface area contributed by atoms with Gasteiger partial charge in [-0.2, -0.15) is 0 Å². The Kier molecular flexibility index (Phi) is 6.01. The number of carbonyl (C=O) groups is 1. The zero-order valence-electron chi connectivity index (χ0n) is 16.6. The highest BCUT2D eigenvalue weighted by Crippen LogP contribution is 2.27. The molecule has 1 amide bonds. The van der Waals surface area contributed by atoms with Crippen LogP contribution in [0.2, 0.25) is 0 Å². The molecule has 144 valence electrons. The van der Waals surface area contributed by atoms with Crippen molar-refractivity contribution in [3.63, 3.8) is 0 Å². The third kappa shape index (κ3) is 4.60. The van der Waals surface area contributed by atoms with Gasteiger partial charge in [0.1, 0.15) is 5.82 Å². The molecule has 3 heterocycles. The van der Waals surface area contributed by atoms with E-state index in [9.17, 15) is 4.79 Å². The zero-order chi connectivity index (χ0) is 19.4. The Labute approximate surface area is 160 Å². The number of pyridine rings is 1. The summed E-state index contributed by atoms with van der Waals surface area (Å²) in [5.74, 6) is 1.64. The SMILES string of the molecule is CCC(CN(C)C)Nc1nc(-c2ccncc2)nc2c1CCN(C(C)=O)C2. The number of carbonyl (C=O) groups excluding carboxylic acids is 1. The number of anilines is 1. The third-order valence-electron chi connectivity index (χ3n) is 4.87. The lowest BCUT2D eigenvalue weighted by atomic mass is 10.0. The number of likely N-dealkylation sites (N-methyl/N-ethyl adjacent to an activating group) is 1. The first-order valence-electron chi connectivity index (χ1n) is 9.45. The lowest BCUT2D eigenvalue weighted by Gasteiger charge is -2.30. The maximum atomic E-state index is 11.8. The van der Waals surface area contributed by atoms with Gasteiger partial charge in [-0.1, -0.05) is 6.92 Å². The van der Waals surface area contributed by atoms with E-state index in [-0.39, 0.29) is 5.91 Å². The van der Waals surface area contributed by atoms with Crippen LogP contribution in [0.3, 0.4) is 0 Å². The molecule has 7 heteroatoms. The molecule has 0 saturated carbocycles. The van der Waals surface area contributed by atoms with Crippen molar-refractivity contribution in [2.45, 2.75) is 39.3 Å². The second-order valence-corrected chi connectivity index (χ2v) is 7.26. The fraction of sp³-hybridized carbons (Fsp3) is 0.500. The van der Waals surface area contributed by atoms with Gasteiger partial charge in [-0.15, -0.1) is 0 Å². The molecule has 7 nitrogen and oxygen atoms in total. The van der Waals surface area contributed by atoms with E-state index in [0.717, 1.165) is 42.0 Å². The first kappa shape index (κ1) is 19.2. The van der Waals surface area contributed by atoms with Crippen LogP contribution < -0.4 is 5.32 Å². The van der Waals surface area contributed by atoms with Crippen LogP contribution in [0.1, 0.15) is 31.5 Å². The van der Waals surface area contributed by atoms with Gasteiger partial charge in [0.05, 0.1) is 12.2 Å². The van der Waals surface area contributed by atoms with Gasteiger partial charge in [-0.05, 0) is 39.1 Å². The van der Waals surface area contributed by atoms with Gasteiger partial charge in [-0.3, -0.25) is 9.78 Å². The number of aromatic nitrogens is 3. The van der Waals surface area contributed by atoms with Gasteiger partial charge in [0.25, 0.3) is 0 Å². The Hall–Kier alpha value is -2.54. The second-order valence-electron chi connectivity index (χ2n) is 7.26. The molecule has 0 radical (unpaired) electrons. The largest absolute Gasteiger partial charge is 0.366 e. The summed E-state index contributed by atoms with van der Waals surface area (Å²) >= 11 is 0. The van der Waals surface area contributed by atoms with Crippen LogP contribution in [-0.2, 0) is 17.8 Å². The second kappa shape index (κ2) is 8.43. The average Bonchev–Trinajstić information content (AvgIpc) is 2.67. The minimum Gasteiger partial charge on any atom is -0.366 e. The summed E-state index contributed by atoms with van der Waals surface area (Å²) in [6, 6.07) is 4.12. The van der Waals surface area contributed by atoms with E-state index in [2.05, 4.69) is 36.2 Å². The van der Waals surface area contributed by atoms with Crippen LogP contribution in [0.25, 0.3) is 11.4 Å². The molecule has 1 N–H and O–H groups in total. The third-order valence-corrected chi connectivity index (χ3v) is 4.87. The van der Waals surface area contributed by atoms with Crippen molar-refractivity contribution in [3.05, 3.63) is 35.8 Å². The molecular formula is C20H28N6O. The van der Waals surface area contributed by atoms with E-state index in [0.29, 0.717) is 25.0 Å². The van der Waals surface area contributed by atoms with E-state index in [1.807, 2.05) is 17.0 Å². The first-order valence-corrected chi connectivity index (χ1v) is 9.45. The van der Waals surface area contributed by atoms with Gasteiger partial charge < -0.3 is 15.1 Å². The molecule has 1 atom stereocenters. The van der Waals surface area contributed by atoms with Crippen molar-refractivity contribution in [3.8, 4) is 11.4 Å². The van der Waals surface area contributed by atoms with Crippen LogP contribution >= 0.6 is 0 Å². The molecule has 2 aromatic rings. The lowest BCUT2D eigenvalue weighted by molar-refractivity contribution is -0.129. The van der Waals surface area contributed by atoms with Crippen molar-refractivity contribution in [2.24, 2.45) is 0 Å². The van der Waals surface area contributed by atoms with Crippen LogP contribution in [-0.4, -0.2) is 63.9 Å². The Morgan fingerprint density at radius 3 is 2.67 bits per heavy atom. The standard InChI is InChI=1S/C20H28N6O/c1-5-16(12-25(3)4)22-20-17-8-11-26(14(2)27)13-18(17)23-19(24-20)15-6-9-21-10-7-15/h6-7,9-10,16H,5,8,11-13H2,1-4H3,(H,22,23,24). The molecule has 0 fully saturated rings. The molecule has 0 bridgehead atoms. The molecule has 0 aromatic carbocycles. The number of hydrogen-bond acceptors (Lipinski definition) is 6. The number of nitrogens with zero attached hydrogens (tertiary/aromatic N) is 5. The highest BCUT2D eigenvalue weighted by molar-refractivity contribution is 5.74. The van der Waals surface area contributed by atoms with E-state index in [1.54, 1.807) is 19.3 Å². The maximum Gasteiger partial charge on any atom is 0.219 e. The van der Waals surface area contributed by atoms with Crippen molar-refractivity contribution < 1.29 is 4.79 Å². The number of amides is 1.